The first kappa shape index (κ1) is 21.5. The van der Waals surface area contributed by atoms with Crippen LogP contribution in [0.5, 0.6) is 0 Å². The van der Waals surface area contributed by atoms with Crippen molar-refractivity contribution >= 4 is 23.4 Å². The molecule has 0 saturated heterocycles. The molecule has 4 aromatic rings. The molecule has 7 heteroatoms. The molecule has 1 aromatic heterocycles. The van der Waals surface area contributed by atoms with Gasteiger partial charge in [0.1, 0.15) is 0 Å². The highest BCUT2D eigenvalue weighted by Crippen LogP contribution is 2.24. The Balaban J connectivity index is 1.63. The van der Waals surface area contributed by atoms with Crippen molar-refractivity contribution in [2.24, 2.45) is 0 Å². The highest BCUT2D eigenvalue weighted by atomic mass is 35.5. The lowest BCUT2D eigenvalue weighted by Gasteiger charge is -2.09. The minimum Gasteiger partial charge on any atom is -0.451 e. The molecule has 160 valence electrons. The lowest BCUT2D eigenvalue weighted by atomic mass is 10.1. The van der Waals surface area contributed by atoms with E-state index < -0.39 is 12.6 Å². The number of Topliss-reactive ketones (excluding diaryl/α,β-unsaturated/α-hetero) is 1. The number of benzene rings is 3. The third kappa shape index (κ3) is 4.60. The van der Waals surface area contributed by atoms with E-state index in [1.165, 1.54) is 0 Å². The fourth-order valence-corrected chi connectivity index (χ4v) is 3.38. The molecule has 3 aromatic carbocycles. The van der Waals surface area contributed by atoms with Crippen LogP contribution in [0.25, 0.3) is 17.1 Å². The Labute approximate surface area is 190 Å². The van der Waals surface area contributed by atoms with Gasteiger partial charge in [0, 0.05) is 16.1 Å². The number of esters is 1. The highest BCUT2D eigenvalue weighted by molar-refractivity contribution is 6.30. The first-order chi connectivity index (χ1) is 15.4. The zero-order chi connectivity index (χ0) is 22.7. The molecule has 1 heterocycles. The van der Waals surface area contributed by atoms with Crippen molar-refractivity contribution in [3.63, 3.8) is 0 Å². The summed E-state index contributed by atoms with van der Waals surface area (Å²) >= 11 is 5.85. The molecule has 32 heavy (non-hydrogen) atoms. The maximum atomic E-state index is 12.7. The number of rotatable bonds is 6. The Morgan fingerprint density at radius 2 is 1.72 bits per heavy atom. The van der Waals surface area contributed by atoms with E-state index in [9.17, 15) is 9.59 Å². The molecule has 0 spiro atoms. The van der Waals surface area contributed by atoms with Gasteiger partial charge in [-0.15, -0.1) is 5.10 Å². The lowest BCUT2D eigenvalue weighted by Crippen LogP contribution is -2.15. The van der Waals surface area contributed by atoms with Gasteiger partial charge in [-0.05, 0) is 55.8 Å². The Morgan fingerprint density at radius 3 is 2.44 bits per heavy atom. The molecule has 0 N–H and O–H groups in total. The molecule has 0 amide bonds. The number of halogens is 1. The van der Waals surface area contributed by atoms with E-state index in [0.717, 1.165) is 22.4 Å². The molecule has 0 aliphatic carbocycles. The van der Waals surface area contributed by atoms with Crippen molar-refractivity contribution in [2.45, 2.75) is 13.8 Å². The molecular weight excluding hydrogens is 426 g/mol. The lowest BCUT2D eigenvalue weighted by molar-refractivity contribution is 0.0462. The third-order valence-electron chi connectivity index (χ3n) is 4.91. The number of carbonyl (C=O) groups is 2. The van der Waals surface area contributed by atoms with E-state index in [1.807, 2.05) is 62.4 Å². The van der Waals surface area contributed by atoms with Gasteiger partial charge in [0.25, 0.3) is 5.82 Å². The van der Waals surface area contributed by atoms with Crippen LogP contribution < -0.4 is 0 Å². The standard InChI is InChI=1S/C25H20ClN3O3/c1-16-6-5-8-19(14-16)24-27-23(28-29(24)21-9-4-3-7-17(21)2)25(31)32-15-22(30)18-10-12-20(26)13-11-18/h3-14H,15H2,1-2H3. The monoisotopic (exact) mass is 445 g/mol. The minimum absolute atomic E-state index is 0.117. The summed E-state index contributed by atoms with van der Waals surface area (Å²) < 4.78 is 6.84. The average molecular weight is 446 g/mol. The summed E-state index contributed by atoms with van der Waals surface area (Å²) in [6, 6.07) is 21.9. The van der Waals surface area contributed by atoms with Gasteiger partial charge in [-0.1, -0.05) is 53.6 Å². The van der Waals surface area contributed by atoms with E-state index in [2.05, 4.69) is 10.1 Å². The minimum atomic E-state index is -0.770. The first-order valence-electron chi connectivity index (χ1n) is 9.98. The second kappa shape index (κ2) is 9.16. The predicted octanol–water partition coefficient (Wildman–Crippen LogP) is 5.24. The van der Waals surface area contributed by atoms with Crippen LogP contribution in [0.15, 0.2) is 72.8 Å². The van der Waals surface area contributed by atoms with Gasteiger partial charge in [-0.2, -0.15) is 0 Å². The fourth-order valence-electron chi connectivity index (χ4n) is 3.25. The summed E-state index contributed by atoms with van der Waals surface area (Å²) in [4.78, 5) is 29.5. The van der Waals surface area contributed by atoms with Crippen molar-refractivity contribution in [1.29, 1.82) is 0 Å². The van der Waals surface area contributed by atoms with Crippen molar-refractivity contribution in [3.05, 3.63) is 100 Å². The van der Waals surface area contributed by atoms with Crippen LogP contribution in [0, 0.1) is 13.8 Å². The van der Waals surface area contributed by atoms with E-state index >= 15 is 0 Å². The maximum Gasteiger partial charge on any atom is 0.378 e. The Bertz CT molecular complexity index is 1300. The van der Waals surface area contributed by atoms with E-state index in [4.69, 9.17) is 16.3 Å². The largest absolute Gasteiger partial charge is 0.451 e. The molecule has 0 aliphatic rings. The molecule has 4 rings (SSSR count). The number of ketones is 1. The van der Waals surface area contributed by atoms with Crippen molar-refractivity contribution in [1.82, 2.24) is 14.8 Å². The average Bonchev–Trinajstić information content (AvgIpc) is 3.23. The molecule has 6 nitrogen and oxygen atoms in total. The number of ether oxygens (including phenoxy) is 1. The van der Waals surface area contributed by atoms with E-state index in [1.54, 1.807) is 28.9 Å². The van der Waals surface area contributed by atoms with Gasteiger partial charge in [0.2, 0.25) is 0 Å². The number of carbonyl (C=O) groups excluding carboxylic acids is 2. The summed E-state index contributed by atoms with van der Waals surface area (Å²) in [6.45, 7) is 3.52. The molecule has 0 atom stereocenters. The number of aromatic nitrogens is 3. The summed E-state index contributed by atoms with van der Waals surface area (Å²) in [5.74, 6) is -0.714. The van der Waals surface area contributed by atoms with Gasteiger partial charge in [0.15, 0.2) is 18.2 Å². The number of aryl methyl sites for hydroxylation is 2. The molecule has 0 fully saturated rings. The van der Waals surface area contributed by atoms with Crippen LogP contribution in [0.3, 0.4) is 0 Å². The molecule has 0 bridgehead atoms. The molecule has 0 unspecified atom stereocenters. The second-order valence-corrected chi connectivity index (χ2v) is 7.77. The highest BCUT2D eigenvalue weighted by Gasteiger charge is 2.21. The summed E-state index contributed by atoms with van der Waals surface area (Å²) in [5.41, 5.74) is 4.05. The summed E-state index contributed by atoms with van der Waals surface area (Å²) in [7, 11) is 0. The quantitative estimate of drug-likeness (QED) is 0.299. The Kier molecular flexibility index (Phi) is 6.14. The normalized spacial score (nSPS) is 10.7. The summed E-state index contributed by atoms with van der Waals surface area (Å²) in [6.07, 6.45) is 0. The van der Waals surface area contributed by atoms with Crippen molar-refractivity contribution in [2.75, 3.05) is 6.61 Å². The van der Waals surface area contributed by atoms with Crippen LogP contribution in [0.2, 0.25) is 5.02 Å². The topological polar surface area (TPSA) is 74.1 Å². The van der Waals surface area contributed by atoms with Crippen LogP contribution in [-0.2, 0) is 4.74 Å². The number of para-hydroxylation sites is 1. The smallest absolute Gasteiger partial charge is 0.378 e. The van der Waals surface area contributed by atoms with Gasteiger partial charge < -0.3 is 4.74 Å². The molecule has 0 radical (unpaired) electrons. The van der Waals surface area contributed by atoms with Crippen LogP contribution >= 0.6 is 11.6 Å². The molecular formula is C25H20ClN3O3. The van der Waals surface area contributed by atoms with Gasteiger partial charge in [-0.3, -0.25) is 4.79 Å². The Morgan fingerprint density at radius 1 is 0.969 bits per heavy atom. The first-order valence-corrected chi connectivity index (χ1v) is 10.4. The zero-order valence-corrected chi connectivity index (χ0v) is 18.3. The van der Waals surface area contributed by atoms with Gasteiger partial charge >= 0.3 is 5.97 Å². The summed E-state index contributed by atoms with van der Waals surface area (Å²) in [5, 5.41) is 4.93. The fraction of sp³-hybridized carbons (Fsp3) is 0.120. The van der Waals surface area contributed by atoms with Crippen LogP contribution in [0.4, 0.5) is 0 Å². The van der Waals surface area contributed by atoms with E-state index in [0.29, 0.717) is 16.4 Å². The van der Waals surface area contributed by atoms with Crippen molar-refractivity contribution < 1.29 is 14.3 Å². The maximum absolute atomic E-state index is 12.7. The van der Waals surface area contributed by atoms with Crippen LogP contribution in [0.1, 0.15) is 32.1 Å². The second-order valence-electron chi connectivity index (χ2n) is 7.33. The predicted molar refractivity (Wildman–Crippen MR) is 122 cm³/mol. The third-order valence-corrected chi connectivity index (χ3v) is 5.16. The number of hydrogen-bond acceptors (Lipinski definition) is 5. The van der Waals surface area contributed by atoms with Crippen LogP contribution in [-0.4, -0.2) is 33.1 Å². The van der Waals surface area contributed by atoms with Crippen molar-refractivity contribution in [3.8, 4) is 17.1 Å². The Hall–Kier alpha value is -3.77. The zero-order valence-electron chi connectivity index (χ0n) is 17.6. The van der Waals surface area contributed by atoms with E-state index in [-0.39, 0.29) is 11.6 Å². The molecule has 0 aliphatic heterocycles. The number of hydrogen-bond donors (Lipinski definition) is 0. The SMILES string of the molecule is Cc1cccc(-c2nc(C(=O)OCC(=O)c3ccc(Cl)cc3)nn2-c2ccccc2C)c1. The molecule has 0 saturated carbocycles. The van der Waals surface area contributed by atoms with Gasteiger partial charge in [-0.25, -0.2) is 14.5 Å². The number of nitrogens with zero attached hydrogens (tertiary/aromatic N) is 3. The van der Waals surface area contributed by atoms with Gasteiger partial charge in [0.05, 0.1) is 5.69 Å².